The van der Waals surface area contributed by atoms with E-state index >= 15 is 0 Å². The zero-order chi connectivity index (χ0) is 25.3. The first-order valence-corrected chi connectivity index (χ1v) is 12.4. The van der Waals surface area contributed by atoms with Gasteiger partial charge in [-0.3, -0.25) is 4.79 Å². The quantitative estimate of drug-likeness (QED) is 0.152. The van der Waals surface area contributed by atoms with Crippen molar-refractivity contribution in [3.05, 3.63) is 77.2 Å². The zero-order valence-corrected chi connectivity index (χ0v) is 24.6. The number of allylic oxidation sites excluding steroid dienone is 2. The first kappa shape index (κ1) is 30.7. The summed E-state index contributed by atoms with van der Waals surface area (Å²) in [6, 6.07) is 16.5. The normalized spacial score (nSPS) is 11.3. The molecule has 1 aromatic heterocycles. The Morgan fingerprint density at radius 2 is 1.71 bits per heavy atom. The first-order chi connectivity index (χ1) is 16.1. The third-order valence-corrected chi connectivity index (χ3v) is 5.33. The summed E-state index contributed by atoms with van der Waals surface area (Å²) < 4.78 is 0. The minimum absolute atomic E-state index is 0. The monoisotopic (exact) mass is 651 g/mol. The van der Waals surface area contributed by atoms with Crippen LogP contribution in [-0.4, -0.2) is 15.9 Å². The SMILES string of the molecule is CC(C)CC(=O)/C=C(\O)CC(C)C.CCCc1ccc2c(-c3[c-]c(C)cc(C)c3)nccc2c1.[Ir]. The molecule has 1 radical (unpaired) electrons. The van der Waals surface area contributed by atoms with Crippen LogP contribution in [0.15, 0.2) is 54.4 Å². The number of aliphatic hydroxyl groups is 1. The van der Waals surface area contributed by atoms with Gasteiger partial charge < -0.3 is 10.1 Å². The van der Waals surface area contributed by atoms with E-state index in [1.54, 1.807) is 0 Å². The molecular formula is C31H40IrNO2-. The van der Waals surface area contributed by atoms with E-state index in [-0.39, 0.29) is 31.6 Å². The van der Waals surface area contributed by atoms with Gasteiger partial charge in [0.15, 0.2) is 5.78 Å². The molecule has 0 saturated heterocycles. The molecule has 0 aliphatic rings. The molecule has 1 heterocycles. The number of ketones is 1. The van der Waals surface area contributed by atoms with Gasteiger partial charge in [0.05, 0.1) is 5.76 Å². The Morgan fingerprint density at radius 1 is 1.03 bits per heavy atom. The number of nitrogens with zero attached hydrogens (tertiary/aromatic N) is 1. The standard InChI is InChI=1S/C20H20N.C11H20O2.Ir/c1-4-5-16-6-7-19-17(13-16)8-9-21-20(19)18-11-14(2)10-15(3)12-18;1-8(2)5-10(12)7-11(13)6-9(3)4;/h6-11,13H,4-5H2,1-3H3;7-9,12H,5-6H2,1-4H3;/q-1;;/b;10-7-;. The average molecular weight is 651 g/mol. The summed E-state index contributed by atoms with van der Waals surface area (Å²) in [5.74, 6) is 0.979. The second-order valence-electron chi connectivity index (χ2n) is 10.0. The summed E-state index contributed by atoms with van der Waals surface area (Å²) in [4.78, 5) is 15.8. The van der Waals surface area contributed by atoms with Gasteiger partial charge in [-0.15, -0.1) is 34.9 Å². The molecule has 1 N–H and O–H groups in total. The van der Waals surface area contributed by atoms with Crippen LogP contribution in [0, 0.1) is 31.7 Å². The van der Waals surface area contributed by atoms with Gasteiger partial charge in [0.2, 0.25) is 0 Å². The van der Waals surface area contributed by atoms with Crippen molar-refractivity contribution < 1.29 is 30.0 Å². The van der Waals surface area contributed by atoms with E-state index in [1.807, 2.05) is 33.9 Å². The number of carbonyl (C=O) groups is 1. The number of pyridine rings is 1. The number of fused-ring (bicyclic) bond motifs is 1. The largest absolute Gasteiger partial charge is 0.512 e. The van der Waals surface area contributed by atoms with Crippen molar-refractivity contribution in [1.29, 1.82) is 0 Å². The fourth-order valence-electron chi connectivity index (χ4n) is 4.03. The van der Waals surface area contributed by atoms with Crippen LogP contribution in [0.2, 0.25) is 0 Å². The molecule has 0 atom stereocenters. The van der Waals surface area contributed by atoms with Crippen molar-refractivity contribution in [3.8, 4) is 11.3 Å². The summed E-state index contributed by atoms with van der Waals surface area (Å²) >= 11 is 0. The fraction of sp³-hybridized carbons (Fsp3) is 0.419. The predicted octanol–water partition coefficient (Wildman–Crippen LogP) is 8.36. The van der Waals surface area contributed by atoms with Crippen LogP contribution in [0.4, 0.5) is 0 Å². The van der Waals surface area contributed by atoms with E-state index in [9.17, 15) is 9.90 Å². The van der Waals surface area contributed by atoms with E-state index < -0.39 is 0 Å². The molecule has 0 spiro atoms. The molecule has 0 unspecified atom stereocenters. The maximum absolute atomic E-state index is 11.2. The third kappa shape index (κ3) is 10.5. The number of carbonyl (C=O) groups excluding carboxylic acids is 1. The molecular weight excluding hydrogens is 611 g/mol. The molecule has 2 aromatic carbocycles. The van der Waals surface area contributed by atoms with Gasteiger partial charge in [-0.05, 0) is 46.4 Å². The number of rotatable bonds is 8. The minimum Gasteiger partial charge on any atom is -0.512 e. The molecule has 0 aliphatic carbocycles. The molecule has 0 amide bonds. The molecule has 3 aromatic rings. The van der Waals surface area contributed by atoms with Crippen LogP contribution in [0.1, 0.15) is 70.6 Å². The van der Waals surface area contributed by atoms with Crippen molar-refractivity contribution in [1.82, 2.24) is 4.98 Å². The molecule has 191 valence electrons. The summed E-state index contributed by atoms with van der Waals surface area (Å²) in [7, 11) is 0. The Balaban J connectivity index is 0.000000383. The van der Waals surface area contributed by atoms with Crippen molar-refractivity contribution in [2.75, 3.05) is 0 Å². The average Bonchev–Trinajstić information content (AvgIpc) is 2.71. The van der Waals surface area contributed by atoms with Gasteiger partial charge in [0.1, 0.15) is 0 Å². The molecule has 35 heavy (non-hydrogen) atoms. The van der Waals surface area contributed by atoms with E-state index in [0.29, 0.717) is 24.7 Å². The van der Waals surface area contributed by atoms with Crippen molar-refractivity contribution in [2.24, 2.45) is 11.8 Å². The third-order valence-electron chi connectivity index (χ3n) is 5.33. The Hall–Kier alpha value is -2.29. The summed E-state index contributed by atoms with van der Waals surface area (Å²) in [5.41, 5.74) is 5.92. The van der Waals surface area contributed by atoms with Gasteiger partial charge in [-0.25, -0.2) is 0 Å². The number of benzene rings is 2. The Labute approximate surface area is 225 Å². The summed E-state index contributed by atoms with van der Waals surface area (Å²) in [5, 5.41) is 11.8. The Morgan fingerprint density at radius 3 is 2.31 bits per heavy atom. The van der Waals surface area contributed by atoms with Gasteiger partial charge >= 0.3 is 0 Å². The number of aryl methyl sites for hydroxylation is 3. The fourth-order valence-corrected chi connectivity index (χ4v) is 4.03. The van der Waals surface area contributed by atoms with Crippen LogP contribution < -0.4 is 0 Å². The first-order valence-electron chi connectivity index (χ1n) is 12.4. The smallest absolute Gasteiger partial charge is 0.159 e. The maximum Gasteiger partial charge on any atom is 0.159 e. The van der Waals surface area contributed by atoms with Crippen LogP contribution >= 0.6 is 0 Å². The number of aromatic nitrogens is 1. The predicted molar refractivity (Wildman–Crippen MR) is 144 cm³/mol. The topological polar surface area (TPSA) is 50.2 Å². The van der Waals surface area contributed by atoms with Crippen molar-refractivity contribution in [2.45, 2.75) is 74.1 Å². The van der Waals surface area contributed by atoms with Gasteiger partial charge in [-0.2, -0.15) is 0 Å². The van der Waals surface area contributed by atoms with E-state index in [1.165, 1.54) is 34.4 Å². The summed E-state index contributed by atoms with van der Waals surface area (Å²) in [6.45, 7) is 14.4. The van der Waals surface area contributed by atoms with Crippen LogP contribution in [-0.2, 0) is 31.3 Å². The van der Waals surface area contributed by atoms with Gasteiger partial charge in [0.25, 0.3) is 0 Å². The molecule has 3 nitrogen and oxygen atoms in total. The second kappa shape index (κ2) is 15.0. The molecule has 0 fully saturated rings. The van der Waals surface area contributed by atoms with Gasteiger partial charge in [0, 0.05) is 45.2 Å². The van der Waals surface area contributed by atoms with Crippen molar-refractivity contribution >= 4 is 16.6 Å². The molecule has 3 rings (SSSR count). The van der Waals surface area contributed by atoms with E-state index in [0.717, 1.165) is 23.2 Å². The molecule has 4 heteroatoms. The zero-order valence-electron chi connectivity index (χ0n) is 22.2. The van der Waals surface area contributed by atoms with Crippen LogP contribution in [0.25, 0.3) is 22.0 Å². The van der Waals surface area contributed by atoms with Crippen LogP contribution in [0.5, 0.6) is 0 Å². The van der Waals surface area contributed by atoms with E-state index in [2.05, 4.69) is 68.2 Å². The Bertz CT molecular complexity index is 1110. The second-order valence-corrected chi connectivity index (χ2v) is 10.0. The van der Waals surface area contributed by atoms with E-state index in [4.69, 9.17) is 0 Å². The molecule has 0 bridgehead atoms. The summed E-state index contributed by atoms with van der Waals surface area (Å²) in [6.07, 6.45) is 6.67. The number of hydrogen-bond acceptors (Lipinski definition) is 3. The van der Waals surface area contributed by atoms with Crippen LogP contribution in [0.3, 0.4) is 0 Å². The van der Waals surface area contributed by atoms with Gasteiger partial charge in [-0.1, -0.05) is 73.1 Å². The maximum atomic E-state index is 11.2. The minimum atomic E-state index is 0. The Kier molecular flexibility index (Phi) is 13.1. The molecule has 0 aliphatic heterocycles. The van der Waals surface area contributed by atoms with Crippen molar-refractivity contribution in [3.63, 3.8) is 0 Å². The molecule has 0 saturated carbocycles. The number of hydrogen-bond donors (Lipinski definition) is 1. The number of aliphatic hydroxyl groups excluding tert-OH is 1.